The van der Waals surface area contributed by atoms with Crippen LogP contribution in [-0.4, -0.2) is 63.4 Å². The molecule has 1 aromatic carbocycles. The van der Waals surface area contributed by atoms with Crippen LogP contribution in [0.2, 0.25) is 0 Å². The largest absolute Gasteiger partial charge is 0.474 e. The fourth-order valence-corrected chi connectivity index (χ4v) is 3.77. The average Bonchev–Trinajstić information content (AvgIpc) is 3.21. The molecule has 0 unspecified atom stereocenters. The van der Waals surface area contributed by atoms with Crippen LogP contribution in [0.1, 0.15) is 44.0 Å². The molecule has 33 heavy (non-hydrogen) atoms. The number of ether oxygens (including phenoxy) is 3. The fourth-order valence-electron chi connectivity index (χ4n) is 3.77. The molecule has 3 aromatic rings. The smallest absolute Gasteiger partial charge is 0.410 e. The van der Waals surface area contributed by atoms with Crippen molar-refractivity contribution in [2.45, 2.75) is 45.3 Å². The Hall–Kier alpha value is -3.62. The molecule has 174 valence electrons. The maximum atomic E-state index is 12.3. The van der Waals surface area contributed by atoms with Crippen LogP contribution >= 0.6 is 0 Å². The normalized spacial score (nSPS) is 14.8. The van der Waals surface area contributed by atoms with Crippen LogP contribution in [0.4, 0.5) is 4.79 Å². The first-order chi connectivity index (χ1) is 15.7. The van der Waals surface area contributed by atoms with Gasteiger partial charge in [0, 0.05) is 43.6 Å². The van der Waals surface area contributed by atoms with E-state index in [0.717, 1.165) is 10.9 Å². The molecule has 0 bridgehead atoms. The van der Waals surface area contributed by atoms with Gasteiger partial charge in [-0.1, -0.05) is 0 Å². The molecule has 3 heterocycles. The zero-order valence-electron chi connectivity index (χ0n) is 19.3. The highest BCUT2D eigenvalue weighted by atomic mass is 16.6. The third-order valence-electron chi connectivity index (χ3n) is 5.37. The summed E-state index contributed by atoms with van der Waals surface area (Å²) in [7, 11) is 1.36. The van der Waals surface area contributed by atoms with Gasteiger partial charge in [-0.3, -0.25) is 0 Å². The minimum atomic E-state index is -0.509. The molecule has 4 rings (SSSR count). The second-order valence-electron chi connectivity index (χ2n) is 8.95. The van der Waals surface area contributed by atoms with Gasteiger partial charge in [0.25, 0.3) is 0 Å². The highest BCUT2D eigenvalue weighted by Crippen LogP contribution is 2.24. The number of amides is 1. The standard InChI is InChI=1S/C24H28N4O5/c1-24(2,3)33-23(30)27-10-8-18(9-11-27)32-21-14-20(25-15-26-21)28-12-7-16-13-17(22(29)31-4)5-6-19(16)28/h5-7,12-15,18H,8-11H2,1-4H3. The van der Waals surface area contributed by atoms with E-state index in [1.807, 2.05) is 43.7 Å². The number of fused-ring (bicyclic) bond motifs is 1. The highest BCUT2D eigenvalue weighted by Gasteiger charge is 2.28. The zero-order valence-corrected chi connectivity index (χ0v) is 19.3. The van der Waals surface area contributed by atoms with Gasteiger partial charge in [0.2, 0.25) is 5.88 Å². The van der Waals surface area contributed by atoms with Crippen LogP contribution in [0.15, 0.2) is 42.9 Å². The average molecular weight is 453 g/mol. The summed E-state index contributed by atoms with van der Waals surface area (Å²) >= 11 is 0. The minimum absolute atomic E-state index is 0.0459. The van der Waals surface area contributed by atoms with Gasteiger partial charge in [-0.25, -0.2) is 19.6 Å². The van der Waals surface area contributed by atoms with Crippen LogP contribution < -0.4 is 4.74 Å². The van der Waals surface area contributed by atoms with Gasteiger partial charge in [0.15, 0.2) is 0 Å². The van der Waals surface area contributed by atoms with Gasteiger partial charge in [-0.15, -0.1) is 0 Å². The lowest BCUT2D eigenvalue weighted by molar-refractivity contribution is 0.0123. The number of methoxy groups -OCH3 is 1. The first kappa shape index (κ1) is 22.6. The lowest BCUT2D eigenvalue weighted by Crippen LogP contribution is -2.44. The molecular weight excluding hydrogens is 424 g/mol. The molecule has 0 aliphatic carbocycles. The molecule has 0 spiro atoms. The fraction of sp³-hybridized carbons (Fsp3) is 0.417. The Kier molecular flexibility index (Phi) is 6.22. The molecule has 2 aromatic heterocycles. The van der Waals surface area contributed by atoms with Crippen LogP contribution in [0.5, 0.6) is 5.88 Å². The van der Waals surface area contributed by atoms with Crippen molar-refractivity contribution in [1.82, 2.24) is 19.4 Å². The van der Waals surface area contributed by atoms with Crippen LogP contribution in [0.25, 0.3) is 16.7 Å². The molecule has 0 radical (unpaired) electrons. The molecule has 1 aliphatic heterocycles. The van der Waals surface area contributed by atoms with Crippen molar-refractivity contribution in [2.24, 2.45) is 0 Å². The SMILES string of the molecule is COC(=O)c1ccc2c(ccn2-c2cc(OC3CCN(C(=O)OC(C)(C)C)CC3)ncn2)c1. The third kappa shape index (κ3) is 5.24. The van der Waals surface area contributed by atoms with E-state index >= 15 is 0 Å². The Balaban J connectivity index is 1.43. The van der Waals surface area contributed by atoms with Crippen molar-refractivity contribution in [2.75, 3.05) is 20.2 Å². The van der Waals surface area contributed by atoms with E-state index in [4.69, 9.17) is 14.2 Å². The van der Waals surface area contributed by atoms with Gasteiger partial charge >= 0.3 is 12.1 Å². The van der Waals surface area contributed by atoms with E-state index in [9.17, 15) is 9.59 Å². The monoisotopic (exact) mass is 452 g/mol. The summed E-state index contributed by atoms with van der Waals surface area (Å²) in [6, 6.07) is 9.07. The number of hydrogen-bond donors (Lipinski definition) is 0. The summed E-state index contributed by atoms with van der Waals surface area (Å²) in [4.78, 5) is 34.4. The molecule has 1 fully saturated rings. The predicted octanol–water partition coefficient (Wildman–Crippen LogP) is 3.99. The second-order valence-corrected chi connectivity index (χ2v) is 8.95. The molecule has 9 heteroatoms. The minimum Gasteiger partial charge on any atom is -0.474 e. The van der Waals surface area contributed by atoms with Crippen molar-refractivity contribution >= 4 is 23.0 Å². The molecule has 0 N–H and O–H groups in total. The van der Waals surface area contributed by atoms with Crippen LogP contribution in [0, 0.1) is 0 Å². The highest BCUT2D eigenvalue weighted by molar-refractivity contribution is 5.95. The van der Waals surface area contributed by atoms with Crippen molar-refractivity contribution < 1.29 is 23.8 Å². The topological polar surface area (TPSA) is 95.8 Å². The Morgan fingerprint density at radius 3 is 2.52 bits per heavy atom. The Morgan fingerprint density at radius 2 is 1.82 bits per heavy atom. The van der Waals surface area contributed by atoms with Crippen LogP contribution in [0.3, 0.4) is 0 Å². The quantitative estimate of drug-likeness (QED) is 0.552. The van der Waals surface area contributed by atoms with E-state index in [1.54, 1.807) is 23.1 Å². The van der Waals surface area contributed by atoms with E-state index < -0.39 is 5.60 Å². The van der Waals surface area contributed by atoms with Gasteiger partial charge in [0.05, 0.1) is 18.2 Å². The maximum absolute atomic E-state index is 12.3. The van der Waals surface area contributed by atoms with Gasteiger partial charge < -0.3 is 23.7 Å². The molecule has 1 aliphatic rings. The summed E-state index contributed by atoms with van der Waals surface area (Å²) in [5.41, 5.74) is 0.885. The van der Waals surface area contributed by atoms with E-state index in [1.165, 1.54) is 13.4 Å². The number of carbonyl (C=O) groups excluding carboxylic acids is 2. The molecule has 1 amide bonds. The number of likely N-dealkylation sites (tertiary alicyclic amines) is 1. The second kappa shape index (κ2) is 9.09. The molecule has 0 atom stereocenters. The van der Waals surface area contributed by atoms with Crippen molar-refractivity contribution in [3.8, 4) is 11.7 Å². The summed E-state index contributed by atoms with van der Waals surface area (Å²) in [5.74, 6) is 0.760. The van der Waals surface area contributed by atoms with E-state index in [0.29, 0.717) is 43.2 Å². The first-order valence-electron chi connectivity index (χ1n) is 10.9. The molecule has 1 saturated heterocycles. The van der Waals surface area contributed by atoms with E-state index in [-0.39, 0.29) is 18.2 Å². The Labute approximate surface area is 192 Å². The predicted molar refractivity (Wildman–Crippen MR) is 122 cm³/mol. The molecular formula is C24H28N4O5. The molecule has 0 saturated carbocycles. The van der Waals surface area contributed by atoms with Crippen molar-refractivity contribution in [3.63, 3.8) is 0 Å². The summed E-state index contributed by atoms with van der Waals surface area (Å²) in [6.07, 6.45) is 4.41. The van der Waals surface area contributed by atoms with Crippen molar-refractivity contribution in [3.05, 3.63) is 48.4 Å². The lowest BCUT2D eigenvalue weighted by atomic mass is 10.1. The van der Waals surface area contributed by atoms with Gasteiger partial charge in [0.1, 0.15) is 23.9 Å². The summed E-state index contributed by atoms with van der Waals surface area (Å²) in [5, 5.41) is 0.897. The maximum Gasteiger partial charge on any atom is 0.410 e. The lowest BCUT2D eigenvalue weighted by Gasteiger charge is -2.33. The Bertz CT molecular complexity index is 1160. The van der Waals surface area contributed by atoms with Crippen molar-refractivity contribution in [1.29, 1.82) is 0 Å². The number of hydrogen-bond acceptors (Lipinski definition) is 7. The van der Waals surface area contributed by atoms with Crippen LogP contribution in [-0.2, 0) is 9.47 Å². The number of carbonyl (C=O) groups is 2. The number of piperidine rings is 1. The first-order valence-corrected chi connectivity index (χ1v) is 10.9. The number of nitrogens with zero attached hydrogens (tertiary/aromatic N) is 4. The third-order valence-corrected chi connectivity index (χ3v) is 5.37. The van der Waals surface area contributed by atoms with Gasteiger partial charge in [-0.05, 0) is 45.0 Å². The van der Waals surface area contributed by atoms with E-state index in [2.05, 4.69) is 9.97 Å². The number of benzene rings is 1. The number of esters is 1. The summed E-state index contributed by atoms with van der Waals surface area (Å²) < 4.78 is 18.2. The molecule has 9 nitrogen and oxygen atoms in total. The Morgan fingerprint density at radius 1 is 1.06 bits per heavy atom. The summed E-state index contributed by atoms with van der Waals surface area (Å²) in [6.45, 7) is 6.73. The zero-order chi connectivity index (χ0) is 23.6. The number of rotatable bonds is 4. The van der Waals surface area contributed by atoms with Gasteiger partial charge in [-0.2, -0.15) is 0 Å². The number of aromatic nitrogens is 3.